The van der Waals surface area contributed by atoms with Crippen molar-refractivity contribution in [3.05, 3.63) is 0 Å². The molecule has 0 aliphatic heterocycles. The van der Waals surface area contributed by atoms with E-state index in [4.69, 9.17) is 5.11 Å². The lowest BCUT2D eigenvalue weighted by molar-refractivity contribution is 0.169. The van der Waals surface area contributed by atoms with Gasteiger partial charge in [-0.15, -0.1) is 0 Å². The number of aliphatic hydroxyl groups is 1. The molecule has 1 aliphatic carbocycles. The van der Waals surface area contributed by atoms with Gasteiger partial charge in [0, 0.05) is 18.7 Å². The first kappa shape index (κ1) is 11.0. The highest BCUT2D eigenvalue weighted by Gasteiger charge is 2.19. The lowest BCUT2D eigenvalue weighted by atomic mass is 9.87. The molecule has 3 nitrogen and oxygen atoms in total. The predicted molar refractivity (Wildman–Crippen MR) is 54.2 cm³/mol. The lowest BCUT2D eigenvalue weighted by Gasteiger charge is -2.28. The van der Waals surface area contributed by atoms with E-state index in [9.17, 15) is 0 Å². The molecule has 0 atom stereocenters. The predicted octanol–water partition coefficient (Wildman–Crippen LogP) is 1.04. The van der Waals surface area contributed by atoms with Crippen molar-refractivity contribution in [3.8, 4) is 0 Å². The highest BCUT2D eigenvalue weighted by atomic mass is 16.3. The van der Waals surface area contributed by atoms with Gasteiger partial charge in [0.2, 0.25) is 0 Å². The van der Waals surface area contributed by atoms with Gasteiger partial charge in [-0.3, -0.25) is 10.9 Å². The molecule has 0 aromatic carbocycles. The summed E-state index contributed by atoms with van der Waals surface area (Å²) in [7, 11) is 0. The molecule has 13 heavy (non-hydrogen) atoms. The van der Waals surface area contributed by atoms with Gasteiger partial charge in [0.15, 0.2) is 0 Å². The molecule has 1 rings (SSSR count). The van der Waals surface area contributed by atoms with E-state index < -0.39 is 0 Å². The van der Waals surface area contributed by atoms with E-state index in [0.29, 0.717) is 24.6 Å². The van der Waals surface area contributed by atoms with E-state index in [-0.39, 0.29) is 0 Å². The van der Waals surface area contributed by atoms with Gasteiger partial charge in [0.05, 0.1) is 0 Å². The maximum atomic E-state index is 8.96. The Morgan fingerprint density at radius 1 is 1.23 bits per heavy atom. The summed E-state index contributed by atoms with van der Waals surface area (Å²) in [5.74, 6) is 0.553. The van der Waals surface area contributed by atoms with Crippen molar-refractivity contribution in [1.29, 1.82) is 0 Å². The van der Waals surface area contributed by atoms with E-state index in [1.165, 1.54) is 12.8 Å². The molecule has 0 radical (unpaired) electrons. The van der Waals surface area contributed by atoms with E-state index in [2.05, 4.69) is 24.7 Å². The zero-order valence-corrected chi connectivity index (χ0v) is 8.71. The molecule has 0 aromatic heterocycles. The summed E-state index contributed by atoms with van der Waals surface area (Å²) in [6.45, 7) is 4.63. The zero-order valence-electron chi connectivity index (χ0n) is 8.71. The first-order chi connectivity index (χ1) is 6.22. The van der Waals surface area contributed by atoms with Crippen LogP contribution in [0.25, 0.3) is 0 Å². The van der Waals surface area contributed by atoms with Crippen LogP contribution in [0.1, 0.15) is 39.5 Å². The van der Waals surface area contributed by atoms with Gasteiger partial charge in [0.1, 0.15) is 0 Å². The summed E-state index contributed by atoms with van der Waals surface area (Å²) in [5, 5.41) is 8.96. The molecule has 0 amide bonds. The van der Waals surface area contributed by atoms with Gasteiger partial charge < -0.3 is 5.11 Å². The molecule has 3 N–H and O–H groups in total. The summed E-state index contributed by atoms with van der Waals surface area (Å²) in [5.41, 5.74) is 6.57. The number of nitrogens with one attached hydrogen (secondary N) is 2. The average molecular weight is 186 g/mol. The van der Waals surface area contributed by atoms with Crippen LogP contribution in [0.5, 0.6) is 0 Å². The quantitative estimate of drug-likeness (QED) is 0.575. The zero-order chi connectivity index (χ0) is 9.68. The van der Waals surface area contributed by atoms with Crippen LogP contribution in [0.4, 0.5) is 0 Å². The average Bonchev–Trinajstić information content (AvgIpc) is 2.15. The van der Waals surface area contributed by atoms with Gasteiger partial charge in [0.25, 0.3) is 0 Å². The Hall–Kier alpha value is -0.120. The Morgan fingerprint density at radius 2 is 1.85 bits per heavy atom. The molecule has 1 saturated carbocycles. The molecule has 0 heterocycles. The monoisotopic (exact) mass is 186 g/mol. The van der Waals surface area contributed by atoms with Gasteiger partial charge in [-0.1, -0.05) is 0 Å². The molecular formula is C10H22N2O. The van der Waals surface area contributed by atoms with Crippen molar-refractivity contribution in [2.45, 2.75) is 51.6 Å². The van der Waals surface area contributed by atoms with Crippen molar-refractivity contribution < 1.29 is 5.11 Å². The number of hydrogen-bond donors (Lipinski definition) is 3. The van der Waals surface area contributed by atoms with Gasteiger partial charge in [-0.25, -0.2) is 0 Å². The van der Waals surface area contributed by atoms with Crippen LogP contribution in [0.3, 0.4) is 0 Å². The van der Waals surface area contributed by atoms with Gasteiger partial charge in [-0.2, -0.15) is 0 Å². The van der Waals surface area contributed by atoms with Crippen molar-refractivity contribution in [2.24, 2.45) is 5.92 Å². The SMILES string of the molecule is CC(C)NNC1CCC(CO)CC1. The Bertz CT molecular complexity index is 131. The largest absolute Gasteiger partial charge is 0.396 e. The van der Waals surface area contributed by atoms with Crippen LogP contribution in [0.15, 0.2) is 0 Å². The summed E-state index contributed by atoms with van der Waals surface area (Å²) in [6, 6.07) is 1.10. The normalized spacial score (nSPS) is 29.5. The first-order valence-corrected chi connectivity index (χ1v) is 5.34. The fourth-order valence-corrected chi connectivity index (χ4v) is 1.77. The van der Waals surface area contributed by atoms with Crippen LogP contribution < -0.4 is 10.9 Å². The summed E-state index contributed by atoms with van der Waals surface area (Å²) in [6.07, 6.45) is 4.69. The second-order valence-electron chi connectivity index (χ2n) is 4.34. The Kier molecular flexibility index (Phi) is 4.70. The Balaban J connectivity index is 2.10. The van der Waals surface area contributed by atoms with Crippen LogP contribution >= 0.6 is 0 Å². The molecular weight excluding hydrogens is 164 g/mol. The molecule has 0 saturated heterocycles. The number of hydrogen-bond acceptors (Lipinski definition) is 3. The fraction of sp³-hybridized carbons (Fsp3) is 1.00. The molecule has 1 fully saturated rings. The van der Waals surface area contributed by atoms with Gasteiger partial charge >= 0.3 is 0 Å². The smallest absolute Gasteiger partial charge is 0.0459 e. The topological polar surface area (TPSA) is 44.3 Å². The summed E-state index contributed by atoms with van der Waals surface area (Å²) < 4.78 is 0. The molecule has 3 heteroatoms. The van der Waals surface area contributed by atoms with E-state index in [0.717, 1.165) is 12.8 Å². The number of hydrazine groups is 1. The maximum absolute atomic E-state index is 8.96. The minimum absolute atomic E-state index is 0.365. The third-order valence-electron chi connectivity index (χ3n) is 2.68. The molecule has 0 aromatic rings. The minimum Gasteiger partial charge on any atom is -0.396 e. The lowest BCUT2D eigenvalue weighted by Crippen LogP contribution is -2.46. The van der Waals surface area contributed by atoms with Crippen molar-refractivity contribution in [1.82, 2.24) is 10.9 Å². The number of aliphatic hydroxyl groups excluding tert-OH is 1. The third kappa shape index (κ3) is 4.07. The van der Waals surface area contributed by atoms with Crippen molar-refractivity contribution in [2.75, 3.05) is 6.61 Å². The van der Waals surface area contributed by atoms with E-state index in [1.807, 2.05) is 0 Å². The summed E-state index contributed by atoms with van der Waals surface area (Å²) >= 11 is 0. The fourth-order valence-electron chi connectivity index (χ4n) is 1.77. The highest BCUT2D eigenvalue weighted by molar-refractivity contribution is 4.75. The van der Waals surface area contributed by atoms with Crippen LogP contribution in [-0.4, -0.2) is 23.8 Å². The first-order valence-electron chi connectivity index (χ1n) is 5.34. The highest BCUT2D eigenvalue weighted by Crippen LogP contribution is 2.23. The van der Waals surface area contributed by atoms with Crippen molar-refractivity contribution in [3.63, 3.8) is 0 Å². The molecule has 0 spiro atoms. The van der Waals surface area contributed by atoms with E-state index >= 15 is 0 Å². The Morgan fingerprint density at radius 3 is 2.31 bits per heavy atom. The second-order valence-corrected chi connectivity index (χ2v) is 4.34. The number of rotatable bonds is 4. The Labute approximate surface area is 80.9 Å². The standard InChI is InChI=1S/C10H22N2O/c1-8(2)11-12-10-5-3-9(7-13)4-6-10/h8-13H,3-7H2,1-2H3. The van der Waals surface area contributed by atoms with E-state index in [1.54, 1.807) is 0 Å². The molecule has 1 aliphatic rings. The van der Waals surface area contributed by atoms with Crippen molar-refractivity contribution >= 4 is 0 Å². The summed E-state index contributed by atoms with van der Waals surface area (Å²) in [4.78, 5) is 0. The van der Waals surface area contributed by atoms with Gasteiger partial charge in [-0.05, 0) is 45.4 Å². The van der Waals surface area contributed by atoms with Crippen LogP contribution in [-0.2, 0) is 0 Å². The second kappa shape index (κ2) is 5.58. The maximum Gasteiger partial charge on any atom is 0.0459 e. The van der Waals surface area contributed by atoms with Crippen LogP contribution in [0, 0.1) is 5.92 Å². The molecule has 78 valence electrons. The molecule has 0 bridgehead atoms. The van der Waals surface area contributed by atoms with Crippen LogP contribution in [0.2, 0.25) is 0 Å². The third-order valence-corrected chi connectivity index (χ3v) is 2.68. The minimum atomic E-state index is 0.365. The molecule has 0 unspecified atom stereocenters.